The number of phenolic OH excluding ortho intramolecular Hbond substituents is 1. The van der Waals surface area contributed by atoms with Crippen LogP contribution in [-0.4, -0.2) is 22.3 Å². The lowest BCUT2D eigenvalue weighted by atomic mass is 9.77. The number of aromatic hydroxyl groups is 1. The lowest BCUT2D eigenvalue weighted by molar-refractivity contribution is 0.425. The molecule has 1 rings (SSSR count). The van der Waals surface area contributed by atoms with Crippen molar-refractivity contribution in [2.45, 2.75) is 6.92 Å². The Labute approximate surface area is 75.4 Å². The fourth-order valence-corrected chi connectivity index (χ4v) is 1.14. The molecule has 1 aromatic carbocycles. The average molecular weight is 186 g/mol. The summed E-state index contributed by atoms with van der Waals surface area (Å²) in [5.74, 6) is -0.0569. The summed E-state index contributed by atoms with van der Waals surface area (Å²) in [7, 11) is -1.55. The van der Waals surface area contributed by atoms with Gasteiger partial charge in [-0.2, -0.15) is 0 Å². The van der Waals surface area contributed by atoms with E-state index in [-0.39, 0.29) is 10.8 Å². The van der Waals surface area contributed by atoms with Crippen LogP contribution in [0, 0.1) is 6.92 Å². The van der Waals surface area contributed by atoms with Crippen LogP contribution < -0.4 is 5.46 Å². The maximum Gasteiger partial charge on any atom is 0.488 e. The summed E-state index contributed by atoms with van der Waals surface area (Å²) in [4.78, 5) is 0. The third kappa shape index (κ3) is 1.55. The fraction of sp³-hybridized carbons (Fsp3) is 0.143. The number of halogens is 1. The Morgan fingerprint density at radius 1 is 1.33 bits per heavy atom. The predicted molar refractivity (Wildman–Crippen MR) is 47.7 cm³/mol. The minimum atomic E-state index is -1.55. The highest BCUT2D eigenvalue weighted by Gasteiger charge is 2.16. The highest BCUT2D eigenvalue weighted by molar-refractivity contribution is 6.59. The molecule has 0 amide bonds. The van der Waals surface area contributed by atoms with Crippen LogP contribution in [0.2, 0.25) is 5.02 Å². The average Bonchev–Trinajstić information content (AvgIpc) is 2.00. The first-order valence-corrected chi connectivity index (χ1v) is 3.76. The topological polar surface area (TPSA) is 60.7 Å². The van der Waals surface area contributed by atoms with Crippen molar-refractivity contribution >= 4 is 24.2 Å². The van der Waals surface area contributed by atoms with Crippen LogP contribution in [-0.2, 0) is 0 Å². The second-order valence-corrected chi connectivity index (χ2v) is 2.86. The van der Waals surface area contributed by atoms with E-state index >= 15 is 0 Å². The van der Waals surface area contributed by atoms with Gasteiger partial charge in [-0.15, -0.1) is 0 Å². The molecule has 5 heteroatoms. The molecule has 0 aliphatic rings. The van der Waals surface area contributed by atoms with Crippen LogP contribution in [0.1, 0.15) is 5.56 Å². The Morgan fingerprint density at radius 2 is 1.92 bits per heavy atom. The van der Waals surface area contributed by atoms with E-state index in [0.29, 0.717) is 11.0 Å². The van der Waals surface area contributed by atoms with Crippen LogP contribution in [0.25, 0.3) is 0 Å². The van der Waals surface area contributed by atoms with Gasteiger partial charge < -0.3 is 15.2 Å². The molecule has 0 heterocycles. The summed E-state index contributed by atoms with van der Waals surface area (Å²) in [6.45, 7) is 1.61. The first-order valence-electron chi connectivity index (χ1n) is 3.38. The number of phenols is 1. The molecule has 0 saturated heterocycles. The molecule has 0 bridgehead atoms. The van der Waals surface area contributed by atoms with Gasteiger partial charge in [-0.1, -0.05) is 17.7 Å². The van der Waals surface area contributed by atoms with Gasteiger partial charge in [0, 0.05) is 0 Å². The number of benzene rings is 1. The third-order valence-electron chi connectivity index (χ3n) is 1.69. The summed E-state index contributed by atoms with van der Waals surface area (Å²) >= 11 is 5.65. The summed E-state index contributed by atoms with van der Waals surface area (Å²) < 4.78 is 0. The lowest BCUT2D eigenvalue weighted by Gasteiger charge is -2.06. The van der Waals surface area contributed by atoms with Crippen LogP contribution in [0.4, 0.5) is 0 Å². The number of rotatable bonds is 1. The molecule has 1 aromatic rings. The zero-order chi connectivity index (χ0) is 9.30. The van der Waals surface area contributed by atoms with Gasteiger partial charge in [0.1, 0.15) is 5.75 Å². The standard InChI is InChI=1S/C7H8BClO3/c1-4-5(8(11)12)2-3-6(10)7(4)9/h2-3,10-12H,1H3. The van der Waals surface area contributed by atoms with Crippen LogP contribution >= 0.6 is 11.6 Å². The molecule has 0 atom stereocenters. The normalized spacial score (nSPS) is 10.0. The van der Waals surface area contributed by atoms with Crippen LogP contribution in [0.3, 0.4) is 0 Å². The first kappa shape index (κ1) is 9.38. The van der Waals surface area contributed by atoms with Gasteiger partial charge in [0.05, 0.1) is 5.02 Å². The fourth-order valence-electron chi connectivity index (χ4n) is 0.965. The lowest BCUT2D eigenvalue weighted by Crippen LogP contribution is -2.32. The van der Waals surface area contributed by atoms with E-state index in [1.165, 1.54) is 12.1 Å². The first-order chi connectivity index (χ1) is 5.54. The quantitative estimate of drug-likeness (QED) is 0.543. The Balaban J connectivity index is 3.27. The maximum absolute atomic E-state index is 9.11. The number of hydrogen-bond acceptors (Lipinski definition) is 3. The summed E-state index contributed by atoms with van der Waals surface area (Å²) in [5.41, 5.74) is 0.782. The highest BCUT2D eigenvalue weighted by Crippen LogP contribution is 2.24. The van der Waals surface area contributed by atoms with E-state index in [1.807, 2.05) is 0 Å². The van der Waals surface area contributed by atoms with Crippen molar-refractivity contribution in [3.63, 3.8) is 0 Å². The smallest absolute Gasteiger partial charge is 0.488 e. The molecule has 0 aliphatic heterocycles. The molecule has 0 saturated carbocycles. The van der Waals surface area contributed by atoms with Crippen molar-refractivity contribution in [1.82, 2.24) is 0 Å². The highest BCUT2D eigenvalue weighted by atomic mass is 35.5. The molecule has 64 valence electrons. The Hall–Kier alpha value is -0.705. The molecule has 0 unspecified atom stereocenters. The van der Waals surface area contributed by atoms with E-state index in [4.69, 9.17) is 26.8 Å². The van der Waals surface area contributed by atoms with E-state index in [9.17, 15) is 0 Å². The molecule has 0 aliphatic carbocycles. The molecule has 3 N–H and O–H groups in total. The second kappa shape index (κ2) is 3.35. The second-order valence-electron chi connectivity index (χ2n) is 2.49. The molecule has 0 spiro atoms. The number of hydrogen-bond donors (Lipinski definition) is 3. The largest absolute Gasteiger partial charge is 0.506 e. The minimum absolute atomic E-state index is 0.0569. The monoisotopic (exact) mass is 186 g/mol. The van der Waals surface area contributed by atoms with Crippen molar-refractivity contribution in [2.24, 2.45) is 0 Å². The summed E-state index contributed by atoms with van der Waals surface area (Å²) in [5, 5.41) is 26.9. The van der Waals surface area contributed by atoms with Crippen LogP contribution in [0.5, 0.6) is 5.75 Å². The van der Waals surface area contributed by atoms with Gasteiger partial charge in [0.2, 0.25) is 0 Å². The summed E-state index contributed by atoms with van der Waals surface area (Å²) in [6, 6.07) is 2.74. The SMILES string of the molecule is Cc1c(B(O)O)ccc(O)c1Cl. The molecule has 0 radical (unpaired) electrons. The zero-order valence-corrected chi connectivity index (χ0v) is 7.21. The molecule has 0 fully saturated rings. The van der Waals surface area contributed by atoms with E-state index in [1.54, 1.807) is 6.92 Å². The molecule has 3 nitrogen and oxygen atoms in total. The predicted octanol–water partition coefficient (Wildman–Crippen LogP) is 0.0338. The van der Waals surface area contributed by atoms with Crippen molar-refractivity contribution in [1.29, 1.82) is 0 Å². The van der Waals surface area contributed by atoms with E-state index in [0.717, 1.165) is 0 Å². The van der Waals surface area contributed by atoms with Gasteiger partial charge in [0.25, 0.3) is 0 Å². The molecular weight excluding hydrogens is 178 g/mol. The molecular formula is C7H8BClO3. The third-order valence-corrected chi connectivity index (χ3v) is 2.16. The van der Waals surface area contributed by atoms with Gasteiger partial charge in [-0.3, -0.25) is 0 Å². The van der Waals surface area contributed by atoms with Gasteiger partial charge >= 0.3 is 7.12 Å². The minimum Gasteiger partial charge on any atom is -0.506 e. The van der Waals surface area contributed by atoms with Gasteiger partial charge in [-0.05, 0) is 24.0 Å². The molecule has 12 heavy (non-hydrogen) atoms. The van der Waals surface area contributed by atoms with Crippen molar-refractivity contribution < 1.29 is 15.2 Å². The Bertz CT molecular complexity index is 301. The molecule has 0 aromatic heterocycles. The van der Waals surface area contributed by atoms with Crippen LogP contribution in [0.15, 0.2) is 12.1 Å². The Kier molecular flexibility index (Phi) is 2.62. The van der Waals surface area contributed by atoms with Gasteiger partial charge in [-0.25, -0.2) is 0 Å². The van der Waals surface area contributed by atoms with Crippen molar-refractivity contribution in [2.75, 3.05) is 0 Å². The Morgan fingerprint density at radius 3 is 2.42 bits per heavy atom. The van der Waals surface area contributed by atoms with Crippen molar-refractivity contribution in [3.8, 4) is 5.75 Å². The van der Waals surface area contributed by atoms with Gasteiger partial charge in [0.15, 0.2) is 0 Å². The van der Waals surface area contributed by atoms with E-state index in [2.05, 4.69) is 0 Å². The zero-order valence-electron chi connectivity index (χ0n) is 6.45. The maximum atomic E-state index is 9.11. The summed E-state index contributed by atoms with van der Waals surface area (Å²) in [6.07, 6.45) is 0. The van der Waals surface area contributed by atoms with E-state index < -0.39 is 7.12 Å². The van der Waals surface area contributed by atoms with Crippen molar-refractivity contribution in [3.05, 3.63) is 22.7 Å².